The monoisotopic (exact) mass is 507 g/mol. The van der Waals surface area contributed by atoms with Crippen LogP contribution in [0.4, 0.5) is 10.2 Å². The number of hydrogen-bond donors (Lipinski definition) is 1. The van der Waals surface area contributed by atoms with Crippen LogP contribution in [0.25, 0.3) is 0 Å². The number of nitrogens with one attached hydrogen (secondary N) is 1. The van der Waals surface area contributed by atoms with Crippen LogP contribution in [0.5, 0.6) is 5.75 Å². The Labute approximate surface area is 203 Å². The van der Waals surface area contributed by atoms with E-state index in [9.17, 15) is 9.18 Å². The molecule has 0 aliphatic rings. The molecule has 2 aromatic heterocycles. The SMILES string of the molecule is Cc1cc(Cl)ccc1OCc1ccc(C(=O)Nc2nn(Cc3c(F)cccc3Cl)cc2Cl)o1. The van der Waals surface area contributed by atoms with Gasteiger partial charge in [-0.15, -0.1) is 0 Å². The van der Waals surface area contributed by atoms with Crippen LogP contribution < -0.4 is 10.1 Å². The van der Waals surface area contributed by atoms with Crippen LogP contribution in [0.1, 0.15) is 27.4 Å². The minimum absolute atomic E-state index is 0.0491. The number of benzene rings is 2. The highest BCUT2D eigenvalue weighted by atomic mass is 35.5. The Morgan fingerprint density at radius 1 is 1.15 bits per heavy atom. The second-order valence-electron chi connectivity index (χ2n) is 7.14. The molecule has 0 aliphatic carbocycles. The lowest BCUT2D eigenvalue weighted by Crippen LogP contribution is -2.12. The van der Waals surface area contributed by atoms with Gasteiger partial charge in [-0.3, -0.25) is 9.48 Å². The molecule has 0 saturated heterocycles. The Morgan fingerprint density at radius 3 is 2.73 bits per heavy atom. The molecule has 0 spiro atoms. The zero-order valence-electron chi connectivity index (χ0n) is 17.2. The third-order valence-corrected chi connectivity index (χ3v) is 5.59. The van der Waals surface area contributed by atoms with Gasteiger partial charge in [0, 0.05) is 21.8 Å². The zero-order valence-corrected chi connectivity index (χ0v) is 19.5. The molecule has 1 N–H and O–H groups in total. The zero-order chi connectivity index (χ0) is 23.5. The van der Waals surface area contributed by atoms with E-state index in [0.717, 1.165) is 5.56 Å². The summed E-state index contributed by atoms with van der Waals surface area (Å²) in [5.74, 6) is 0.289. The average molecular weight is 509 g/mol. The highest BCUT2D eigenvalue weighted by Gasteiger charge is 2.17. The summed E-state index contributed by atoms with van der Waals surface area (Å²) in [6.45, 7) is 2.06. The Bertz CT molecular complexity index is 1300. The van der Waals surface area contributed by atoms with Gasteiger partial charge in [-0.2, -0.15) is 5.10 Å². The molecule has 0 saturated carbocycles. The fraction of sp³-hybridized carbons (Fsp3) is 0.130. The number of aryl methyl sites for hydroxylation is 1. The maximum atomic E-state index is 14.0. The minimum atomic E-state index is -0.542. The maximum absolute atomic E-state index is 14.0. The van der Waals surface area contributed by atoms with Crippen molar-refractivity contribution in [1.29, 1.82) is 0 Å². The molecule has 6 nitrogen and oxygen atoms in total. The van der Waals surface area contributed by atoms with E-state index in [1.54, 1.807) is 30.3 Å². The molecule has 170 valence electrons. The third kappa shape index (κ3) is 5.50. The number of carbonyl (C=O) groups excluding carboxylic acids is 1. The first-order chi connectivity index (χ1) is 15.8. The van der Waals surface area contributed by atoms with Crippen molar-refractivity contribution < 1.29 is 18.3 Å². The molecule has 0 atom stereocenters. The van der Waals surface area contributed by atoms with E-state index in [4.69, 9.17) is 44.0 Å². The number of rotatable bonds is 7. The predicted molar refractivity (Wildman–Crippen MR) is 125 cm³/mol. The average Bonchev–Trinajstić information content (AvgIpc) is 3.37. The van der Waals surface area contributed by atoms with Crippen LogP contribution >= 0.6 is 34.8 Å². The lowest BCUT2D eigenvalue weighted by atomic mass is 10.2. The lowest BCUT2D eigenvalue weighted by molar-refractivity contribution is 0.0992. The molecule has 0 fully saturated rings. The summed E-state index contributed by atoms with van der Waals surface area (Å²) in [4.78, 5) is 12.6. The first kappa shape index (κ1) is 23.2. The van der Waals surface area contributed by atoms with Gasteiger partial charge in [0.25, 0.3) is 5.91 Å². The maximum Gasteiger partial charge on any atom is 0.292 e. The van der Waals surface area contributed by atoms with E-state index in [-0.39, 0.29) is 40.3 Å². The molecule has 0 aliphatic heterocycles. The van der Waals surface area contributed by atoms with Crippen LogP contribution in [0.15, 0.2) is 59.1 Å². The molecule has 0 bridgehead atoms. The van der Waals surface area contributed by atoms with Gasteiger partial charge in [-0.1, -0.05) is 40.9 Å². The Morgan fingerprint density at radius 2 is 1.97 bits per heavy atom. The molecule has 2 aromatic carbocycles. The standard InChI is InChI=1S/C23H17Cl3FN3O3/c1-13-9-14(24)5-7-20(13)32-12-15-6-8-21(33-15)23(31)28-22-18(26)11-30(29-22)10-16-17(25)3-2-4-19(16)27/h2-9,11H,10,12H2,1H3,(H,28,29,31). The first-order valence-electron chi connectivity index (χ1n) is 9.75. The number of anilines is 1. The van der Waals surface area contributed by atoms with Gasteiger partial charge in [0.1, 0.15) is 29.0 Å². The number of ether oxygens (including phenoxy) is 1. The number of aromatic nitrogens is 2. The van der Waals surface area contributed by atoms with Crippen molar-refractivity contribution in [3.8, 4) is 5.75 Å². The van der Waals surface area contributed by atoms with Gasteiger partial charge in [-0.25, -0.2) is 4.39 Å². The van der Waals surface area contributed by atoms with E-state index < -0.39 is 11.7 Å². The van der Waals surface area contributed by atoms with Crippen LogP contribution in [-0.2, 0) is 13.2 Å². The lowest BCUT2D eigenvalue weighted by Gasteiger charge is -2.07. The highest BCUT2D eigenvalue weighted by Crippen LogP contribution is 2.25. The number of halogens is 4. The largest absolute Gasteiger partial charge is 0.485 e. The summed E-state index contributed by atoms with van der Waals surface area (Å²) in [7, 11) is 0. The van der Waals surface area contributed by atoms with E-state index in [0.29, 0.717) is 16.5 Å². The van der Waals surface area contributed by atoms with Gasteiger partial charge in [-0.05, 0) is 55.0 Å². The van der Waals surface area contributed by atoms with E-state index in [1.807, 2.05) is 6.92 Å². The van der Waals surface area contributed by atoms with Gasteiger partial charge in [0.2, 0.25) is 0 Å². The Hall–Kier alpha value is -3.00. The molecule has 10 heteroatoms. The van der Waals surface area contributed by atoms with E-state index in [1.165, 1.54) is 29.1 Å². The van der Waals surface area contributed by atoms with Crippen molar-refractivity contribution >= 4 is 46.5 Å². The van der Waals surface area contributed by atoms with Crippen LogP contribution in [0.2, 0.25) is 15.1 Å². The normalized spacial score (nSPS) is 10.9. The van der Waals surface area contributed by atoms with Crippen molar-refractivity contribution in [2.75, 3.05) is 5.32 Å². The summed E-state index contributed by atoms with van der Waals surface area (Å²) < 4.78 is 26.7. The molecule has 2 heterocycles. The Kier molecular flexibility index (Phi) is 6.93. The van der Waals surface area contributed by atoms with Gasteiger partial charge < -0.3 is 14.5 Å². The number of hydrogen-bond acceptors (Lipinski definition) is 4. The first-order valence-corrected chi connectivity index (χ1v) is 10.9. The molecule has 33 heavy (non-hydrogen) atoms. The fourth-order valence-electron chi connectivity index (χ4n) is 3.08. The molecule has 4 rings (SSSR count). The van der Waals surface area contributed by atoms with Crippen molar-refractivity contribution in [2.24, 2.45) is 0 Å². The van der Waals surface area contributed by atoms with Crippen LogP contribution in [0, 0.1) is 12.7 Å². The van der Waals surface area contributed by atoms with E-state index in [2.05, 4.69) is 10.4 Å². The Balaban J connectivity index is 1.40. The topological polar surface area (TPSA) is 69.3 Å². The summed E-state index contributed by atoms with van der Waals surface area (Å²) in [5.41, 5.74) is 1.15. The molecule has 4 aromatic rings. The molecule has 0 radical (unpaired) electrons. The number of nitrogens with zero attached hydrogens (tertiary/aromatic N) is 2. The van der Waals surface area contributed by atoms with Crippen molar-refractivity contribution in [1.82, 2.24) is 9.78 Å². The highest BCUT2D eigenvalue weighted by molar-refractivity contribution is 6.33. The summed E-state index contributed by atoms with van der Waals surface area (Å²) in [5, 5.41) is 7.86. The molecule has 1 amide bonds. The third-order valence-electron chi connectivity index (χ3n) is 4.72. The second-order valence-corrected chi connectivity index (χ2v) is 8.39. The molecule has 0 unspecified atom stereocenters. The molecular formula is C23H17Cl3FN3O3. The van der Waals surface area contributed by atoms with Gasteiger partial charge in [0.05, 0.1) is 6.54 Å². The van der Waals surface area contributed by atoms with Crippen molar-refractivity contribution in [2.45, 2.75) is 20.1 Å². The second kappa shape index (κ2) is 9.87. The number of furan rings is 1. The smallest absolute Gasteiger partial charge is 0.292 e. The summed E-state index contributed by atoms with van der Waals surface area (Å²) >= 11 is 18.2. The van der Waals surface area contributed by atoms with Crippen molar-refractivity contribution in [3.63, 3.8) is 0 Å². The number of carbonyl (C=O) groups is 1. The number of amides is 1. The predicted octanol–water partition coefficient (Wildman–Crippen LogP) is 6.76. The van der Waals surface area contributed by atoms with Crippen LogP contribution in [0.3, 0.4) is 0 Å². The van der Waals surface area contributed by atoms with Gasteiger partial charge in [0.15, 0.2) is 11.6 Å². The van der Waals surface area contributed by atoms with Crippen molar-refractivity contribution in [3.05, 3.63) is 98.3 Å². The summed E-state index contributed by atoms with van der Waals surface area (Å²) in [6.07, 6.45) is 1.47. The van der Waals surface area contributed by atoms with E-state index >= 15 is 0 Å². The fourth-order valence-corrected chi connectivity index (χ4v) is 3.73. The summed E-state index contributed by atoms with van der Waals surface area (Å²) in [6, 6.07) is 12.9. The van der Waals surface area contributed by atoms with Gasteiger partial charge >= 0.3 is 0 Å². The van der Waals surface area contributed by atoms with Crippen LogP contribution in [-0.4, -0.2) is 15.7 Å². The quantitative estimate of drug-likeness (QED) is 0.299. The molecular weight excluding hydrogens is 492 g/mol. The minimum Gasteiger partial charge on any atom is -0.485 e.